The van der Waals surface area contributed by atoms with Crippen molar-refractivity contribution in [3.63, 3.8) is 0 Å². The Morgan fingerprint density at radius 1 is 1.39 bits per heavy atom. The number of carboxylic acids is 1. The zero-order chi connectivity index (χ0) is 13.4. The van der Waals surface area contributed by atoms with Crippen LogP contribution in [0.5, 0.6) is 5.88 Å². The first-order valence-corrected chi connectivity index (χ1v) is 5.21. The lowest BCUT2D eigenvalue weighted by molar-refractivity contribution is -0.139. The summed E-state index contributed by atoms with van der Waals surface area (Å²) in [5.74, 6) is -1.37. The van der Waals surface area contributed by atoms with E-state index in [1.165, 1.54) is 6.20 Å². The molecule has 7 nitrogen and oxygen atoms in total. The van der Waals surface area contributed by atoms with Crippen LogP contribution >= 0.6 is 0 Å². The first-order chi connectivity index (χ1) is 8.61. The number of amides is 1. The SMILES string of the molecule is COCCOc1ccc(NC(=O)CC(=O)O)cn1. The van der Waals surface area contributed by atoms with Crippen LogP contribution < -0.4 is 10.1 Å². The predicted octanol–water partition coefficient (Wildman–Crippen LogP) is 0.520. The number of anilines is 1. The van der Waals surface area contributed by atoms with Gasteiger partial charge < -0.3 is 19.9 Å². The summed E-state index contributed by atoms with van der Waals surface area (Å²) in [6.07, 6.45) is 0.813. The molecule has 18 heavy (non-hydrogen) atoms. The Balaban J connectivity index is 2.44. The fourth-order valence-corrected chi connectivity index (χ4v) is 1.11. The summed E-state index contributed by atoms with van der Waals surface area (Å²) in [4.78, 5) is 25.4. The van der Waals surface area contributed by atoms with Gasteiger partial charge in [0, 0.05) is 13.2 Å². The normalized spacial score (nSPS) is 9.83. The first-order valence-electron chi connectivity index (χ1n) is 5.21. The molecule has 1 aromatic heterocycles. The maximum atomic E-state index is 11.2. The fraction of sp³-hybridized carbons (Fsp3) is 0.364. The van der Waals surface area contributed by atoms with Gasteiger partial charge in [-0.1, -0.05) is 0 Å². The quantitative estimate of drug-likeness (QED) is 0.543. The lowest BCUT2D eigenvalue weighted by Gasteiger charge is -2.06. The van der Waals surface area contributed by atoms with Crippen molar-refractivity contribution in [2.75, 3.05) is 25.6 Å². The number of pyridine rings is 1. The highest BCUT2D eigenvalue weighted by molar-refractivity contribution is 6.01. The second-order valence-electron chi connectivity index (χ2n) is 3.35. The number of carboxylic acid groups (broad SMARTS) is 1. The fourth-order valence-electron chi connectivity index (χ4n) is 1.11. The number of methoxy groups -OCH3 is 1. The number of nitrogens with zero attached hydrogens (tertiary/aromatic N) is 1. The van der Waals surface area contributed by atoms with Crippen molar-refractivity contribution in [3.8, 4) is 5.88 Å². The van der Waals surface area contributed by atoms with Crippen LogP contribution in [-0.4, -0.2) is 42.3 Å². The number of rotatable bonds is 7. The van der Waals surface area contributed by atoms with Crippen LogP contribution in [0.3, 0.4) is 0 Å². The van der Waals surface area contributed by atoms with E-state index in [2.05, 4.69) is 10.3 Å². The Morgan fingerprint density at radius 2 is 2.17 bits per heavy atom. The lowest BCUT2D eigenvalue weighted by atomic mass is 10.3. The molecule has 0 aliphatic heterocycles. The smallest absolute Gasteiger partial charge is 0.312 e. The number of aliphatic carboxylic acids is 1. The Hall–Kier alpha value is -2.15. The molecule has 1 heterocycles. The van der Waals surface area contributed by atoms with Gasteiger partial charge in [0.2, 0.25) is 11.8 Å². The Labute approximate surface area is 104 Å². The van der Waals surface area contributed by atoms with Gasteiger partial charge in [-0.2, -0.15) is 0 Å². The Bertz CT molecular complexity index is 404. The van der Waals surface area contributed by atoms with Gasteiger partial charge in [0.15, 0.2) is 0 Å². The number of hydrogen-bond acceptors (Lipinski definition) is 5. The molecule has 0 saturated carbocycles. The molecule has 0 unspecified atom stereocenters. The van der Waals surface area contributed by atoms with E-state index < -0.39 is 18.3 Å². The Morgan fingerprint density at radius 3 is 2.72 bits per heavy atom. The minimum atomic E-state index is -1.18. The zero-order valence-corrected chi connectivity index (χ0v) is 9.88. The number of hydrogen-bond donors (Lipinski definition) is 2. The van der Waals surface area contributed by atoms with Gasteiger partial charge in [0.25, 0.3) is 0 Å². The van der Waals surface area contributed by atoms with Crippen molar-refractivity contribution in [2.24, 2.45) is 0 Å². The van der Waals surface area contributed by atoms with E-state index in [1.54, 1.807) is 19.2 Å². The van der Waals surface area contributed by atoms with E-state index in [1.807, 2.05) is 0 Å². The summed E-state index contributed by atoms with van der Waals surface area (Å²) in [6, 6.07) is 3.15. The summed E-state index contributed by atoms with van der Waals surface area (Å²) in [5, 5.41) is 10.8. The number of nitrogens with one attached hydrogen (secondary N) is 1. The average molecular weight is 254 g/mol. The van der Waals surface area contributed by atoms with Gasteiger partial charge in [-0.15, -0.1) is 0 Å². The number of carbonyl (C=O) groups excluding carboxylic acids is 1. The second kappa shape index (κ2) is 7.23. The van der Waals surface area contributed by atoms with Gasteiger partial charge in [-0.3, -0.25) is 9.59 Å². The highest BCUT2D eigenvalue weighted by Crippen LogP contribution is 2.11. The molecule has 0 aromatic carbocycles. The second-order valence-corrected chi connectivity index (χ2v) is 3.35. The summed E-state index contributed by atoms with van der Waals surface area (Å²) < 4.78 is 10.0. The van der Waals surface area contributed by atoms with Crippen molar-refractivity contribution >= 4 is 17.6 Å². The average Bonchev–Trinajstić information content (AvgIpc) is 2.30. The maximum absolute atomic E-state index is 11.2. The molecule has 1 rings (SSSR count). The Kier molecular flexibility index (Phi) is 5.59. The molecule has 0 aliphatic carbocycles. The molecule has 98 valence electrons. The van der Waals surface area contributed by atoms with Gasteiger partial charge >= 0.3 is 5.97 Å². The third-order valence-corrected chi connectivity index (χ3v) is 1.87. The van der Waals surface area contributed by atoms with Gasteiger partial charge in [-0.25, -0.2) is 4.98 Å². The van der Waals surface area contributed by atoms with Gasteiger partial charge in [-0.05, 0) is 6.07 Å². The van der Waals surface area contributed by atoms with E-state index >= 15 is 0 Å². The zero-order valence-electron chi connectivity index (χ0n) is 9.88. The molecule has 0 atom stereocenters. The molecule has 2 N–H and O–H groups in total. The van der Waals surface area contributed by atoms with Gasteiger partial charge in [0.05, 0.1) is 18.5 Å². The van der Waals surface area contributed by atoms with E-state index in [-0.39, 0.29) is 0 Å². The van der Waals surface area contributed by atoms with Crippen molar-refractivity contribution in [1.82, 2.24) is 4.98 Å². The van der Waals surface area contributed by atoms with E-state index in [0.29, 0.717) is 24.8 Å². The summed E-state index contributed by atoms with van der Waals surface area (Å²) in [5.41, 5.74) is 0.417. The molecule has 0 fully saturated rings. The highest BCUT2D eigenvalue weighted by atomic mass is 16.5. The highest BCUT2D eigenvalue weighted by Gasteiger charge is 2.07. The standard InChI is InChI=1S/C11H14N2O5/c1-17-4-5-18-10-3-2-8(7-12-10)13-9(14)6-11(15)16/h2-3,7H,4-6H2,1H3,(H,13,14)(H,15,16). The van der Waals surface area contributed by atoms with Crippen LogP contribution in [0.4, 0.5) is 5.69 Å². The molecule has 1 aromatic rings. The minimum absolute atomic E-state index is 0.383. The number of aromatic nitrogens is 1. The molecular formula is C11H14N2O5. The molecule has 0 saturated heterocycles. The minimum Gasteiger partial charge on any atom is -0.481 e. The summed E-state index contributed by atoms with van der Waals surface area (Å²) in [6.45, 7) is 0.840. The van der Waals surface area contributed by atoms with Crippen LogP contribution in [0.2, 0.25) is 0 Å². The van der Waals surface area contributed by atoms with Crippen molar-refractivity contribution < 1.29 is 24.2 Å². The van der Waals surface area contributed by atoms with Crippen LogP contribution in [0.25, 0.3) is 0 Å². The van der Waals surface area contributed by atoms with Crippen molar-refractivity contribution in [3.05, 3.63) is 18.3 Å². The summed E-state index contributed by atoms with van der Waals surface area (Å²) >= 11 is 0. The van der Waals surface area contributed by atoms with Crippen molar-refractivity contribution in [2.45, 2.75) is 6.42 Å². The molecular weight excluding hydrogens is 240 g/mol. The van der Waals surface area contributed by atoms with Crippen molar-refractivity contribution in [1.29, 1.82) is 0 Å². The van der Waals surface area contributed by atoms with Crippen LogP contribution in [-0.2, 0) is 14.3 Å². The third kappa shape index (κ3) is 5.26. The molecule has 0 radical (unpaired) electrons. The largest absolute Gasteiger partial charge is 0.481 e. The molecule has 7 heteroatoms. The third-order valence-electron chi connectivity index (χ3n) is 1.87. The lowest BCUT2D eigenvalue weighted by Crippen LogP contribution is -2.16. The monoisotopic (exact) mass is 254 g/mol. The van der Waals surface area contributed by atoms with Crippen LogP contribution in [0.1, 0.15) is 6.42 Å². The molecule has 0 spiro atoms. The topological polar surface area (TPSA) is 97.8 Å². The summed E-state index contributed by atoms with van der Waals surface area (Å²) in [7, 11) is 1.57. The molecule has 0 bridgehead atoms. The number of carbonyl (C=O) groups is 2. The molecule has 0 aliphatic rings. The van der Waals surface area contributed by atoms with Crippen LogP contribution in [0.15, 0.2) is 18.3 Å². The van der Waals surface area contributed by atoms with Crippen LogP contribution in [0, 0.1) is 0 Å². The molecule has 1 amide bonds. The maximum Gasteiger partial charge on any atom is 0.312 e. The van der Waals surface area contributed by atoms with E-state index in [0.717, 1.165) is 0 Å². The van der Waals surface area contributed by atoms with Gasteiger partial charge in [0.1, 0.15) is 13.0 Å². The number of ether oxygens (including phenoxy) is 2. The van der Waals surface area contributed by atoms with E-state index in [9.17, 15) is 9.59 Å². The predicted molar refractivity (Wildman–Crippen MR) is 62.5 cm³/mol. The van der Waals surface area contributed by atoms with E-state index in [4.69, 9.17) is 14.6 Å². The first kappa shape index (κ1) is 13.9.